The van der Waals surface area contributed by atoms with Crippen LogP contribution in [0.15, 0.2) is 0 Å². The van der Waals surface area contributed by atoms with Crippen LogP contribution < -0.4 is 0 Å². The molecule has 4 saturated carbocycles. The Bertz CT molecular complexity index is 492. The molecule has 0 aromatic carbocycles. The number of hydrogen-bond acceptors (Lipinski definition) is 2. The number of fused-ring (bicyclic) bond motifs is 5. The number of rotatable bonds is 0. The van der Waals surface area contributed by atoms with Crippen LogP contribution in [0.5, 0.6) is 0 Å². The first-order valence-electron chi connectivity index (χ1n) is 9.23. The van der Waals surface area contributed by atoms with Crippen LogP contribution >= 0.6 is 15.9 Å². The van der Waals surface area contributed by atoms with Gasteiger partial charge in [0.05, 0.1) is 10.9 Å². The fourth-order valence-electron chi connectivity index (χ4n) is 6.98. The number of ketones is 1. The predicted molar refractivity (Wildman–Crippen MR) is 90.8 cm³/mol. The Morgan fingerprint density at radius 1 is 1.14 bits per heavy atom. The van der Waals surface area contributed by atoms with Gasteiger partial charge in [0.2, 0.25) is 0 Å². The Morgan fingerprint density at radius 3 is 2.68 bits per heavy atom. The fourth-order valence-corrected chi connectivity index (χ4v) is 7.91. The monoisotopic (exact) mass is 370 g/mol. The second-order valence-electron chi connectivity index (χ2n) is 9.11. The number of halogens is 1. The van der Waals surface area contributed by atoms with Crippen LogP contribution in [0.1, 0.15) is 65.2 Å². The van der Waals surface area contributed by atoms with Crippen molar-refractivity contribution in [2.75, 3.05) is 0 Å². The summed E-state index contributed by atoms with van der Waals surface area (Å²) in [5, 5.41) is 10.1. The third-order valence-electron chi connectivity index (χ3n) is 8.34. The Labute approximate surface area is 142 Å². The molecule has 0 spiro atoms. The van der Waals surface area contributed by atoms with Crippen LogP contribution in [0.2, 0.25) is 0 Å². The molecule has 3 heteroatoms. The molecule has 2 nitrogen and oxygen atoms in total. The van der Waals surface area contributed by atoms with Gasteiger partial charge < -0.3 is 5.11 Å². The highest BCUT2D eigenvalue weighted by Gasteiger charge is 2.61. The zero-order valence-electron chi connectivity index (χ0n) is 13.9. The van der Waals surface area contributed by atoms with Crippen molar-refractivity contribution < 1.29 is 9.90 Å². The van der Waals surface area contributed by atoms with E-state index in [2.05, 4.69) is 29.8 Å². The van der Waals surface area contributed by atoms with Gasteiger partial charge in [-0.05, 0) is 80.5 Å². The number of aliphatic hydroxyl groups is 1. The van der Waals surface area contributed by atoms with Gasteiger partial charge in [0, 0.05) is 5.41 Å². The molecule has 0 aromatic heterocycles. The number of aliphatic hydroxyl groups excluding tert-OH is 1. The van der Waals surface area contributed by atoms with Crippen LogP contribution in [0, 0.1) is 34.5 Å². The summed E-state index contributed by atoms with van der Waals surface area (Å²) in [5.74, 6) is 3.29. The normalized spacial score (nSPS) is 57.9. The van der Waals surface area contributed by atoms with Crippen molar-refractivity contribution in [3.63, 3.8) is 0 Å². The first-order chi connectivity index (χ1) is 10.4. The number of Topliss-reactive ketones (excluding diaryl/α,β-unsaturated/α-hetero) is 1. The first kappa shape index (κ1) is 15.6. The molecule has 0 aliphatic heterocycles. The molecule has 4 rings (SSSR count). The van der Waals surface area contributed by atoms with Crippen LogP contribution in [-0.4, -0.2) is 21.8 Å². The van der Waals surface area contributed by atoms with E-state index in [1.165, 1.54) is 25.7 Å². The molecular weight excluding hydrogens is 342 g/mol. The lowest BCUT2D eigenvalue weighted by molar-refractivity contribution is -0.142. The average Bonchev–Trinajstić information content (AvgIpc) is 2.72. The Balaban J connectivity index is 1.64. The summed E-state index contributed by atoms with van der Waals surface area (Å²) in [5.41, 5.74) is 0.351. The van der Waals surface area contributed by atoms with Gasteiger partial charge in [-0.25, -0.2) is 0 Å². The van der Waals surface area contributed by atoms with Gasteiger partial charge in [-0.1, -0.05) is 29.8 Å². The molecule has 0 aromatic rings. The SMILES string of the molecule is C[C@]12CC[C@H](O)[14CH2][C@@H]1CC[C@@H]1[C@@H]2CC[C@]2(C)C(=O)[C@@H](Br)C[C@@H]12. The lowest BCUT2D eigenvalue weighted by atomic mass is 9.47. The average molecular weight is 371 g/mol. The van der Waals surface area contributed by atoms with Crippen LogP contribution in [0.3, 0.4) is 0 Å². The zero-order valence-corrected chi connectivity index (χ0v) is 15.4. The van der Waals surface area contributed by atoms with E-state index in [9.17, 15) is 9.90 Å². The summed E-state index contributed by atoms with van der Waals surface area (Å²) in [6.07, 6.45) is 9.04. The minimum absolute atomic E-state index is 0.0628. The molecule has 124 valence electrons. The summed E-state index contributed by atoms with van der Waals surface area (Å²) < 4.78 is 0. The molecule has 0 amide bonds. The molecule has 4 fully saturated rings. The highest BCUT2D eigenvalue weighted by atomic mass is 79.9. The molecule has 0 saturated heterocycles. The van der Waals surface area contributed by atoms with E-state index < -0.39 is 0 Å². The maximum absolute atomic E-state index is 12.7. The summed E-state index contributed by atoms with van der Waals surface area (Å²) >= 11 is 3.65. The van der Waals surface area contributed by atoms with Crippen LogP contribution in [0.4, 0.5) is 0 Å². The third-order valence-corrected chi connectivity index (χ3v) is 9.13. The minimum Gasteiger partial charge on any atom is -0.393 e. The Hall–Kier alpha value is 0.110. The van der Waals surface area contributed by atoms with Gasteiger partial charge in [0.25, 0.3) is 0 Å². The lowest BCUT2D eigenvalue weighted by Gasteiger charge is -2.60. The quantitative estimate of drug-likeness (QED) is 0.644. The molecule has 0 unspecified atom stereocenters. The van der Waals surface area contributed by atoms with E-state index in [4.69, 9.17) is 0 Å². The van der Waals surface area contributed by atoms with Gasteiger partial charge >= 0.3 is 0 Å². The fraction of sp³-hybridized carbons (Fsp3) is 0.947. The maximum atomic E-state index is 12.7. The van der Waals surface area contributed by atoms with Crippen molar-refractivity contribution in [1.82, 2.24) is 0 Å². The van der Waals surface area contributed by atoms with Gasteiger partial charge in [0.15, 0.2) is 5.78 Å². The topological polar surface area (TPSA) is 37.3 Å². The number of hydrogen-bond donors (Lipinski definition) is 1. The smallest absolute Gasteiger partial charge is 0.152 e. The van der Waals surface area contributed by atoms with Crippen molar-refractivity contribution in [3.05, 3.63) is 0 Å². The molecule has 8 atom stereocenters. The second kappa shape index (κ2) is 5.05. The highest BCUT2D eigenvalue weighted by Crippen LogP contribution is 2.65. The van der Waals surface area contributed by atoms with Crippen molar-refractivity contribution in [2.45, 2.75) is 76.1 Å². The molecule has 0 heterocycles. The largest absolute Gasteiger partial charge is 0.393 e. The summed E-state index contributed by atoms with van der Waals surface area (Å²) in [4.78, 5) is 12.8. The number of alkyl halides is 1. The molecule has 0 bridgehead atoms. The van der Waals surface area contributed by atoms with E-state index in [1.807, 2.05) is 0 Å². The van der Waals surface area contributed by atoms with Crippen LogP contribution in [0.25, 0.3) is 0 Å². The van der Waals surface area contributed by atoms with Crippen molar-refractivity contribution in [2.24, 2.45) is 34.5 Å². The van der Waals surface area contributed by atoms with Gasteiger partial charge in [-0.2, -0.15) is 0 Å². The second-order valence-corrected chi connectivity index (χ2v) is 10.2. The van der Waals surface area contributed by atoms with Gasteiger partial charge in [-0.3, -0.25) is 4.79 Å². The molecule has 4 aliphatic rings. The summed E-state index contributed by atoms with van der Waals surface area (Å²) in [7, 11) is 0. The van der Waals surface area contributed by atoms with E-state index in [0.29, 0.717) is 23.0 Å². The number of carbonyl (C=O) groups is 1. The van der Waals surface area contributed by atoms with Crippen molar-refractivity contribution in [1.29, 1.82) is 0 Å². The Kier molecular flexibility index (Phi) is 3.59. The first-order valence-corrected chi connectivity index (χ1v) is 10.1. The van der Waals surface area contributed by atoms with Gasteiger partial charge in [0.1, 0.15) is 0 Å². The molecule has 4 aliphatic carbocycles. The molecule has 22 heavy (non-hydrogen) atoms. The third kappa shape index (κ3) is 1.97. The van der Waals surface area contributed by atoms with Gasteiger partial charge in [-0.15, -0.1) is 0 Å². The maximum Gasteiger partial charge on any atom is 0.152 e. The summed E-state index contributed by atoms with van der Waals surface area (Å²) in [6.45, 7) is 4.75. The van der Waals surface area contributed by atoms with E-state index in [1.54, 1.807) is 0 Å². The predicted octanol–water partition coefficient (Wildman–Crippen LogP) is 4.33. The standard InChI is InChI=1S/C19H29BrO2/c1-18-7-5-12(21)9-11(18)3-4-13-14(18)6-8-19(2)15(13)10-16(20)17(19)22/h11-16,21H,3-10H2,1-2H3/t11-,12-,13+,14-,15-,16-,18-,19-/m0/s1/i9+2. The van der Waals surface area contributed by atoms with E-state index in [-0.39, 0.29) is 16.3 Å². The lowest BCUT2D eigenvalue weighted by Crippen LogP contribution is -2.54. The van der Waals surface area contributed by atoms with Crippen molar-refractivity contribution >= 4 is 21.7 Å². The number of carbonyl (C=O) groups excluding carboxylic acids is 1. The van der Waals surface area contributed by atoms with E-state index in [0.717, 1.165) is 37.5 Å². The van der Waals surface area contributed by atoms with Crippen molar-refractivity contribution in [3.8, 4) is 0 Å². The highest BCUT2D eigenvalue weighted by molar-refractivity contribution is 9.10. The molecule has 0 radical (unpaired) electrons. The zero-order chi connectivity index (χ0) is 15.7. The minimum atomic E-state index is -0.0662. The molecular formula is C19H29BrO2. The Morgan fingerprint density at radius 2 is 1.91 bits per heavy atom. The molecule has 1 N–H and O–H groups in total. The van der Waals surface area contributed by atoms with Crippen LogP contribution in [-0.2, 0) is 4.79 Å². The van der Waals surface area contributed by atoms with E-state index >= 15 is 0 Å². The summed E-state index contributed by atoms with van der Waals surface area (Å²) in [6, 6.07) is 0.